The van der Waals surface area contributed by atoms with Crippen LogP contribution in [-0.4, -0.2) is 43.7 Å². The van der Waals surface area contributed by atoms with Gasteiger partial charge in [-0.05, 0) is 49.8 Å². The lowest BCUT2D eigenvalue weighted by Crippen LogP contribution is -2.68. The van der Waals surface area contributed by atoms with E-state index in [1.807, 2.05) is 24.3 Å². The first-order valence-electron chi connectivity index (χ1n) is 8.26. The highest BCUT2D eigenvalue weighted by molar-refractivity contribution is 5.95. The van der Waals surface area contributed by atoms with Gasteiger partial charge in [-0.25, -0.2) is 0 Å². The molecule has 0 radical (unpaired) electrons. The molecule has 3 aliphatic rings. The van der Waals surface area contributed by atoms with Crippen LogP contribution in [0.1, 0.15) is 36.0 Å². The highest BCUT2D eigenvalue weighted by atomic mass is 16.5. The molecule has 0 bridgehead atoms. The van der Waals surface area contributed by atoms with Gasteiger partial charge >= 0.3 is 0 Å². The number of hydrogen-bond acceptors (Lipinski definition) is 3. The third kappa shape index (κ3) is 2.21. The van der Waals surface area contributed by atoms with E-state index in [9.17, 15) is 4.79 Å². The minimum Gasteiger partial charge on any atom is -0.497 e. The molecule has 4 heteroatoms. The molecule has 1 spiro atoms. The summed E-state index contributed by atoms with van der Waals surface area (Å²) in [6.45, 7) is 2.60. The Hall–Kier alpha value is -1.55. The molecule has 4 nitrogen and oxygen atoms in total. The minimum atomic E-state index is 0.160. The van der Waals surface area contributed by atoms with Gasteiger partial charge in [-0.1, -0.05) is 6.07 Å². The number of nitrogens with zero attached hydrogens (tertiary/aromatic N) is 1. The van der Waals surface area contributed by atoms with E-state index in [0.29, 0.717) is 17.4 Å². The Balaban J connectivity index is 1.56. The number of carbonyl (C=O) groups is 1. The summed E-state index contributed by atoms with van der Waals surface area (Å²) in [7, 11) is 1.64. The zero-order valence-electron chi connectivity index (χ0n) is 13.1. The average molecular weight is 301 g/mol. The maximum absolute atomic E-state index is 12.9. The molecule has 1 amide bonds. The van der Waals surface area contributed by atoms with Crippen LogP contribution >= 0.6 is 0 Å². The Morgan fingerprint density at radius 3 is 2.77 bits per heavy atom. The van der Waals surface area contributed by atoms with Crippen molar-refractivity contribution in [1.29, 1.82) is 0 Å². The molecule has 0 unspecified atom stereocenters. The fourth-order valence-electron chi connectivity index (χ4n) is 4.27. The third-order valence-electron chi connectivity index (χ3n) is 5.58. The van der Waals surface area contributed by atoms with Crippen LogP contribution in [0, 0.1) is 11.3 Å². The molecule has 0 N–H and O–H groups in total. The number of methoxy groups -OCH3 is 1. The van der Waals surface area contributed by atoms with E-state index in [4.69, 9.17) is 9.47 Å². The molecule has 2 aliphatic heterocycles. The summed E-state index contributed by atoms with van der Waals surface area (Å²) < 4.78 is 10.8. The van der Waals surface area contributed by atoms with E-state index in [1.54, 1.807) is 7.11 Å². The number of likely N-dealkylation sites (tertiary alicyclic amines) is 1. The predicted molar refractivity (Wildman–Crippen MR) is 83.0 cm³/mol. The van der Waals surface area contributed by atoms with Gasteiger partial charge in [-0.2, -0.15) is 0 Å². The first-order chi connectivity index (χ1) is 10.7. The van der Waals surface area contributed by atoms with Crippen LogP contribution in [0.2, 0.25) is 0 Å². The zero-order chi connectivity index (χ0) is 15.2. The summed E-state index contributed by atoms with van der Waals surface area (Å²) in [6, 6.07) is 7.94. The van der Waals surface area contributed by atoms with Crippen molar-refractivity contribution >= 4 is 5.91 Å². The Bertz CT molecular complexity index is 575. The van der Waals surface area contributed by atoms with Gasteiger partial charge in [-0.15, -0.1) is 0 Å². The van der Waals surface area contributed by atoms with Gasteiger partial charge in [0.25, 0.3) is 5.91 Å². The van der Waals surface area contributed by atoms with Crippen molar-refractivity contribution in [3.8, 4) is 5.75 Å². The Morgan fingerprint density at radius 1 is 1.32 bits per heavy atom. The summed E-state index contributed by atoms with van der Waals surface area (Å²) in [5.74, 6) is 1.62. The molecule has 1 aliphatic carbocycles. The lowest BCUT2D eigenvalue weighted by Gasteiger charge is -2.59. The van der Waals surface area contributed by atoms with Crippen molar-refractivity contribution in [3.05, 3.63) is 29.8 Å². The normalized spacial score (nSPS) is 26.6. The van der Waals surface area contributed by atoms with Crippen molar-refractivity contribution in [2.24, 2.45) is 11.3 Å². The fraction of sp³-hybridized carbons (Fsp3) is 0.611. The monoisotopic (exact) mass is 301 g/mol. The topological polar surface area (TPSA) is 38.8 Å². The predicted octanol–water partition coefficient (Wildman–Crippen LogP) is 2.73. The van der Waals surface area contributed by atoms with Gasteiger partial charge in [0.05, 0.1) is 7.11 Å². The molecule has 2 saturated heterocycles. The molecule has 4 rings (SSSR count). The Kier molecular flexibility index (Phi) is 3.37. The Morgan fingerprint density at radius 2 is 2.09 bits per heavy atom. The van der Waals surface area contributed by atoms with E-state index < -0.39 is 0 Å². The summed E-state index contributed by atoms with van der Waals surface area (Å²) >= 11 is 0. The molecule has 2 heterocycles. The fourth-order valence-corrected chi connectivity index (χ4v) is 4.27. The van der Waals surface area contributed by atoms with Gasteiger partial charge in [-0.3, -0.25) is 4.79 Å². The van der Waals surface area contributed by atoms with Crippen LogP contribution in [0.5, 0.6) is 5.75 Å². The van der Waals surface area contributed by atoms with Crippen LogP contribution in [0.3, 0.4) is 0 Å². The standard InChI is InChI=1S/C18H23NO3/c1-21-15-4-2-3-14(11-15)17(20)19-12-18(7-9-22-10-8-18)16(19)13-5-6-13/h2-4,11,13,16H,5-10,12H2,1H3/t16-/m1/s1. The van der Waals surface area contributed by atoms with Crippen LogP contribution in [0.25, 0.3) is 0 Å². The van der Waals surface area contributed by atoms with Crippen LogP contribution in [0.4, 0.5) is 0 Å². The molecule has 1 atom stereocenters. The lowest BCUT2D eigenvalue weighted by atomic mass is 9.64. The maximum Gasteiger partial charge on any atom is 0.254 e. The van der Waals surface area contributed by atoms with Crippen LogP contribution < -0.4 is 4.74 Å². The first-order valence-corrected chi connectivity index (χ1v) is 8.26. The van der Waals surface area contributed by atoms with Crippen LogP contribution in [0.15, 0.2) is 24.3 Å². The van der Waals surface area contributed by atoms with E-state index in [1.165, 1.54) is 12.8 Å². The summed E-state index contributed by atoms with van der Waals surface area (Å²) in [4.78, 5) is 15.0. The number of hydrogen-bond donors (Lipinski definition) is 0. The van der Waals surface area contributed by atoms with Gasteiger partial charge in [0, 0.05) is 36.8 Å². The number of amides is 1. The van der Waals surface area contributed by atoms with E-state index in [-0.39, 0.29) is 5.91 Å². The smallest absolute Gasteiger partial charge is 0.254 e. The van der Waals surface area contributed by atoms with Crippen molar-refractivity contribution in [1.82, 2.24) is 4.90 Å². The molecular formula is C18H23NO3. The van der Waals surface area contributed by atoms with Crippen molar-refractivity contribution in [3.63, 3.8) is 0 Å². The van der Waals surface area contributed by atoms with Crippen molar-refractivity contribution < 1.29 is 14.3 Å². The molecule has 3 fully saturated rings. The minimum absolute atomic E-state index is 0.160. The zero-order valence-corrected chi connectivity index (χ0v) is 13.1. The Labute approximate surface area is 131 Å². The highest BCUT2D eigenvalue weighted by Crippen LogP contribution is 2.55. The second kappa shape index (κ2) is 5.27. The second-order valence-corrected chi connectivity index (χ2v) is 6.92. The van der Waals surface area contributed by atoms with Crippen LogP contribution in [-0.2, 0) is 4.74 Å². The van der Waals surface area contributed by atoms with Gasteiger partial charge in [0.15, 0.2) is 0 Å². The van der Waals surface area contributed by atoms with Gasteiger partial charge < -0.3 is 14.4 Å². The highest BCUT2D eigenvalue weighted by Gasteiger charge is 2.59. The second-order valence-electron chi connectivity index (χ2n) is 6.92. The molecule has 0 aromatic heterocycles. The SMILES string of the molecule is COc1cccc(C(=O)N2CC3(CCOCC3)[C@H]2C2CC2)c1. The van der Waals surface area contributed by atoms with Crippen molar-refractivity contribution in [2.45, 2.75) is 31.7 Å². The molecular weight excluding hydrogens is 278 g/mol. The largest absolute Gasteiger partial charge is 0.497 e. The first kappa shape index (κ1) is 14.1. The van der Waals surface area contributed by atoms with E-state index >= 15 is 0 Å². The molecule has 1 aromatic carbocycles. The molecule has 22 heavy (non-hydrogen) atoms. The number of rotatable bonds is 3. The van der Waals surface area contributed by atoms with E-state index in [0.717, 1.165) is 43.9 Å². The summed E-state index contributed by atoms with van der Waals surface area (Å²) in [5, 5.41) is 0. The lowest BCUT2D eigenvalue weighted by molar-refractivity contribution is -0.120. The summed E-state index contributed by atoms with van der Waals surface area (Å²) in [6.07, 6.45) is 4.76. The quantitative estimate of drug-likeness (QED) is 0.861. The molecule has 1 aromatic rings. The van der Waals surface area contributed by atoms with E-state index in [2.05, 4.69) is 4.90 Å². The number of carbonyl (C=O) groups excluding carboxylic acids is 1. The van der Waals surface area contributed by atoms with Gasteiger partial charge in [0.2, 0.25) is 0 Å². The molecule has 1 saturated carbocycles. The third-order valence-corrected chi connectivity index (χ3v) is 5.58. The number of ether oxygens (including phenoxy) is 2. The summed E-state index contributed by atoms with van der Waals surface area (Å²) in [5.41, 5.74) is 1.07. The molecule has 118 valence electrons. The van der Waals surface area contributed by atoms with Gasteiger partial charge in [0.1, 0.15) is 5.75 Å². The average Bonchev–Trinajstić information content (AvgIpc) is 3.37. The number of benzene rings is 1. The maximum atomic E-state index is 12.9. The van der Waals surface area contributed by atoms with Crippen molar-refractivity contribution in [2.75, 3.05) is 26.9 Å².